The number of benzene rings is 1. The molecule has 1 aromatic rings. The summed E-state index contributed by atoms with van der Waals surface area (Å²) in [6.45, 7) is 3.41. The van der Waals surface area contributed by atoms with Gasteiger partial charge in [-0.2, -0.15) is 8.78 Å². The van der Waals surface area contributed by atoms with Gasteiger partial charge in [-0.05, 0) is 67.4 Å². The van der Waals surface area contributed by atoms with Crippen LogP contribution in [-0.2, 0) is 16.1 Å². The number of nitrogens with one attached hydrogen (secondary N) is 1. The standard InChI is InChI=1S/C23H29F2NO2/c1-2-16-3-5-17(6-4-16)13-26-14-23(24,25)21(27)28-15-22-10-18-7-19(11-22)9-20(8-18)12-22/h2-6,18-20,26H,1,7-15H2. The normalized spacial score (nSPS) is 31.0. The quantitative estimate of drug-likeness (QED) is 0.648. The molecule has 1 aromatic carbocycles. The summed E-state index contributed by atoms with van der Waals surface area (Å²) in [7, 11) is 0. The van der Waals surface area contributed by atoms with E-state index in [0.29, 0.717) is 17.8 Å². The van der Waals surface area contributed by atoms with Gasteiger partial charge in [0.2, 0.25) is 0 Å². The van der Waals surface area contributed by atoms with Crippen LogP contribution in [0.3, 0.4) is 0 Å². The van der Waals surface area contributed by atoms with Gasteiger partial charge < -0.3 is 10.1 Å². The number of hydrogen-bond donors (Lipinski definition) is 1. The molecule has 0 atom stereocenters. The Morgan fingerprint density at radius 2 is 1.71 bits per heavy atom. The molecule has 0 aliphatic heterocycles. The highest BCUT2D eigenvalue weighted by Crippen LogP contribution is 2.60. The Bertz CT molecular complexity index is 693. The molecular formula is C23H29F2NO2. The van der Waals surface area contributed by atoms with Gasteiger partial charge in [-0.25, -0.2) is 4.79 Å². The molecule has 5 rings (SSSR count). The molecule has 4 aliphatic rings. The Hall–Kier alpha value is -1.75. The molecule has 0 heterocycles. The molecule has 5 heteroatoms. The highest BCUT2D eigenvalue weighted by atomic mass is 19.3. The molecule has 0 unspecified atom stereocenters. The average Bonchev–Trinajstić information content (AvgIpc) is 2.65. The van der Waals surface area contributed by atoms with Crippen LogP contribution in [0, 0.1) is 23.2 Å². The summed E-state index contributed by atoms with van der Waals surface area (Å²) in [4.78, 5) is 12.1. The Morgan fingerprint density at radius 3 is 2.25 bits per heavy atom. The van der Waals surface area contributed by atoms with Crippen molar-refractivity contribution in [2.45, 2.75) is 51.0 Å². The minimum absolute atomic E-state index is 0.0409. The van der Waals surface area contributed by atoms with E-state index in [-0.39, 0.29) is 18.6 Å². The molecule has 0 aromatic heterocycles. The van der Waals surface area contributed by atoms with Gasteiger partial charge in [0.05, 0.1) is 13.2 Å². The molecule has 0 radical (unpaired) electrons. The van der Waals surface area contributed by atoms with Gasteiger partial charge in [-0.1, -0.05) is 36.9 Å². The third-order valence-corrected chi connectivity index (χ3v) is 6.86. The number of hydrogen-bond acceptors (Lipinski definition) is 3. The average molecular weight is 389 g/mol. The smallest absolute Gasteiger partial charge is 0.378 e. The van der Waals surface area contributed by atoms with Gasteiger partial charge >= 0.3 is 11.9 Å². The summed E-state index contributed by atoms with van der Waals surface area (Å²) in [5.41, 5.74) is 1.81. The minimum atomic E-state index is -3.51. The summed E-state index contributed by atoms with van der Waals surface area (Å²) in [5, 5.41) is 2.68. The summed E-state index contributed by atoms with van der Waals surface area (Å²) < 4.78 is 33.7. The molecule has 3 nitrogen and oxygen atoms in total. The van der Waals surface area contributed by atoms with Gasteiger partial charge in [0.15, 0.2) is 0 Å². The highest BCUT2D eigenvalue weighted by Gasteiger charge is 2.52. The van der Waals surface area contributed by atoms with Crippen LogP contribution in [0.2, 0.25) is 0 Å². The van der Waals surface area contributed by atoms with Crippen LogP contribution >= 0.6 is 0 Å². The van der Waals surface area contributed by atoms with E-state index in [2.05, 4.69) is 11.9 Å². The van der Waals surface area contributed by atoms with E-state index < -0.39 is 18.4 Å². The maximum Gasteiger partial charge on any atom is 0.378 e. The molecule has 1 N–H and O–H groups in total. The van der Waals surface area contributed by atoms with E-state index >= 15 is 0 Å². The van der Waals surface area contributed by atoms with Crippen LogP contribution in [-0.4, -0.2) is 25.0 Å². The van der Waals surface area contributed by atoms with Crippen molar-refractivity contribution in [1.82, 2.24) is 5.32 Å². The lowest BCUT2D eigenvalue weighted by atomic mass is 9.50. The fraction of sp³-hybridized carbons (Fsp3) is 0.609. The first kappa shape index (κ1) is 19.6. The maximum atomic E-state index is 14.2. The van der Waals surface area contributed by atoms with Crippen LogP contribution in [0.1, 0.15) is 49.7 Å². The first-order valence-electron chi connectivity index (χ1n) is 10.3. The molecule has 4 saturated carbocycles. The van der Waals surface area contributed by atoms with E-state index in [4.69, 9.17) is 4.74 Å². The summed E-state index contributed by atoms with van der Waals surface area (Å²) in [6, 6.07) is 7.46. The zero-order valence-corrected chi connectivity index (χ0v) is 16.3. The molecule has 28 heavy (non-hydrogen) atoms. The summed E-state index contributed by atoms with van der Waals surface area (Å²) in [5.74, 6) is -2.78. The van der Waals surface area contributed by atoms with Gasteiger partial charge in [-0.15, -0.1) is 0 Å². The van der Waals surface area contributed by atoms with Crippen molar-refractivity contribution in [3.8, 4) is 0 Å². The van der Waals surface area contributed by atoms with Crippen molar-refractivity contribution in [3.05, 3.63) is 42.0 Å². The highest BCUT2D eigenvalue weighted by molar-refractivity contribution is 5.77. The van der Waals surface area contributed by atoms with Crippen molar-refractivity contribution < 1.29 is 18.3 Å². The maximum absolute atomic E-state index is 14.2. The molecule has 0 spiro atoms. The van der Waals surface area contributed by atoms with Crippen molar-refractivity contribution >= 4 is 12.0 Å². The van der Waals surface area contributed by atoms with Crippen LogP contribution in [0.5, 0.6) is 0 Å². The zero-order valence-electron chi connectivity index (χ0n) is 16.3. The lowest BCUT2D eigenvalue weighted by Gasteiger charge is -2.56. The molecule has 4 fully saturated rings. The third-order valence-electron chi connectivity index (χ3n) is 6.86. The summed E-state index contributed by atoms with van der Waals surface area (Å²) in [6.07, 6.45) is 8.68. The molecule has 152 valence electrons. The molecule has 4 bridgehead atoms. The number of esters is 1. The van der Waals surface area contributed by atoms with E-state index in [1.54, 1.807) is 6.08 Å². The Kier molecular flexibility index (Phi) is 5.30. The fourth-order valence-corrected chi connectivity index (χ4v) is 6.00. The Morgan fingerprint density at radius 1 is 1.14 bits per heavy atom. The number of carbonyl (C=O) groups is 1. The number of alkyl halides is 2. The van der Waals surface area contributed by atoms with Gasteiger partial charge in [0.1, 0.15) is 0 Å². The summed E-state index contributed by atoms with van der Waals surface area (Å²) >= 11 is 0. The van der Waals surface area contributed by atoms with Gasteiger partial charge in [-0.3, -0.25) is 0 Å². The van der Waals surface area contributed by atoms with Crippen molar-refractivity contribution in [3.63, 3.8) is 0 Å². The second kappa shape index (κ2) is 7.58. The van der Waals surface area contributed by atoms with Crippen LogP contribution in [0.25, 0.3) is 6.08 Å². The largest absolute Gasteiger partial charge is 0.461 e. The van der Waals surface area contributed by atoms with Crippen molar-refractivity contribution in [2.24, 2.45) is 23.2 Å². The van der Waals surface area contributed by atoms with Crippen molar-refractivity contribution in [2.75, 3.05) is 13.2 Å². The van der Waals surface area contributed by atoms with Crippen LogP contribution < -0.4 is 5.32 Å². The van der Waals surface area contributed by atoms with E-state index in [1.807, 2.05) is 24.3 Å². The second-order valence-corrected chi connectivity index (χ2v) is 9.25. The van der Waals surface area contributed by atoms with Gasteiger partial charge in [0.25, 0.3) is 0 Å². The second-order valence-electron chi connectivity index (χ2n) is 9.25. The predicted molar refractivity (Wildman–Crippen MR) is 105 cm³/mol. The minimum Gasteiger partial charge on any atom is -0.461 e. The number of halogens is 2. The molecule has 0 amide bonds. The van der Waals surface area contributed by atoms with E-state index in [1.165, 1.54) is 19.3 Å². The van der Waals surface area contributed by atoms with Crippen molar-refractivity contribution in [1.29, 1.82) is 0 Å². The van der Waals surface area contributed by atoms with Crippen LogP contribution in [0.4, 0.5) is 8.78 Å². The lowest BCUT2D eigenvalue weighted by Crippen LogP contribution is -2.49. The zero-order chi connectivity index (χ0) is 19.8. The van der Waals surface area contributed by atoms with Crippen LogP contribution in [0.15, 0.2) is 30.8 Å². The SMILES string of the molecule is C=Cc1ccc(CNCC(F)(F)C(=O)OCC23CC4CC(CC(C4)C2)C3)cc1. The predicted octanol–water partition coefficient (Wildman–Crippen LogP) is 4.81. The number of ether oxygens (including phenoxy) is 1. The topological polar surface area (TPSA) is 38.3 Å². The first-order chi connectivity index (χ1) is 13.4. The first-order valence-corrected chi connectivity index (χ1v) is 10.3. The van der Waals surface area contributed by atoms with Gasteiger partial charge in [0, 0.05) is 12.0 Å². The van der Waals surface area contributed by atoms with E-state index in [9.17, 15) is 13.6 Å². The Labute approximate surface area is 165 Å². The number of carbonyl (C=O) groups excluding carboxylic acids is 1. The molecular weight excluding hydrogens is 360 g/mol. The lowest BCUT2D eigenvalue weighted by molar-refractivity contribution is -0.181. The molecule has 4 aliphatic carbocycles. The Balaban J connectivity index is 1.25. The molecule has 0 saturated heterocycles. The third kappa shape index (κ3) is 4.14. The fourth-order valence-electron chi connectivity index (χ4n) is 6.00. The van der Waals surface area contributed by atoms with E-state index in [0.717, 1.165) is 30.4 Å². The number of rotatable bonds is 8. The monoisotopic (exact) mass is 389 g/mol.